The van der Waals surface area contributed by atoms with Gasteiger partial charge in [-0.15, -0.1) is 0 Å². The van der Waals surface area contributed by atoms with Crippen LogP contribution < -0.4 is 10.6 Å². The maximum Gasteiger partial charge on any atom is 0.319 e. The molecule has 2 aromatic carbocycles. The van der Waals surface area contributed by atoms with Crippen LogP contribution in [-0.2, 0) is 6.54 Å². The van der Waals surface area contributed by atoms with E-state index in [9.17, 15) is 4.79 Å². The summed E-state index contributed by atoms with van der Waals surface area (Å²) >= 11 is 0. The zero-order valence-corrected chi connectivity index (χ0v) is 13.5. The predicted molar refractivity (Wildman–Crippen MR) is 94.8 cm³/mol. The second-order valence-corrected chi connectivity index (χ2v) is 5.63. The molecule has 122 valence electrons. The molecule has 3 aromatic rings. The van der Waals surface area contributed by atoms with Crippen molar-refractivity contribution in [2.45, 2.75) is 19.5 Å². The number of anilines is 1. The van der Waals surface area contributed by atoms with Crippen molar-refractivity contribution >= 4 is 11.7 Å². The van der Waals surface area contributed by atoms with Gasteiger partial charge in [0.1, 0.15) is 0 Å². The first-order chi connectivity index (χ1) is 11.7. The highest BCUT2D eigenvalue weighted by Crippen LogP contribution is 2.13. The molecule has 0 spiro atoms. The fourth-order valence-corrected chi connectivity index (χ4v) is 2.46. The highest BCUT2D eigenvalue weighted by atomic mass is 16.2. The quantitative estimate of drug-likeness (QED) is 0.751. The van der Waals surface area contributed by atoms with E-state index in [1.165, 1.54) is 0 Å². The average molecular weight is 320 g/mol. The number of hydrogen-bond donors (Lipinski definition) is 2. The Bertz CT molecular complexity index is 767. The molecule has 0 saturated carbocycles. The van der Waals surface area contributed by atoms with Crippen LogP contribution in [0.5, 0.6) is 0 Å². The number of nitrogens with zero attached hydrogens (tertiary/aromatic N) is 2. The molecular formula is C19H20N4O. The van der Waals surface area contributed by atoms with Crippen molar-refractivity contribution in [3.05, 3.63) is 84.2 Å². The second-order valence-electron chi connectivity index (χ2n) is 5.63. The lowest BCUT2D eigenvalue weighted by atomic mass is 10.1. The normalized spacial score (nSPS) is 11.7. The van der Waals surface area contributed by atoms with Gasteiger partial charge in [-0.2, -0.15) is 5.10 Å². The van der Waals surface area contributed by atoms with E-state index < -0.39 is 0 Å². The van der Waals surface area contributed by atoms with E-state index in [1.807, 2.05) is 78.5 Å². The fraction of sp³-hybridized carbons (Fsp3) is 0.158. The third kappa shape index (κ3) is 4.23. The molecule has 3 rings (SSSR count). The third-order valence-electron chi connectivity index (χ3n) is 3.76. The minimum atomic E-state index is -0.217. The van der Waals surface area contributed by atoms with Gasteiger partial charge < -0.3 is 10.6 Å². The molecule has 1 aromatic heterocycles. The van der Waals surface area contributed by atoms with E-state index in [0.29, 0.717) is 6.54 Å². The fourth-order valence-electron chi connectivity index (χ4n) is 2.46. The zero-order chi connectivity index (χ0) is 16.8. The summed E-state index contributed by atoms with van der Waals surface area (Å²) in [6.07, 6.45) is 3.68. The van der Waals surface area contributed by atoms with Crippen molar-refractivity contribution in [2.75, 3.05) is 5.32 Å². The number of hydrogen-bond acceptors (Lipinski definition) is 2. The van der Waals surface area contributed by atoms with E-state index in [4.69, 9.17) is 0 Å². The minimum Gasteiger partial charge on any atom is -0.331 e. The molecule has 1 unspecified atom stereocenters. The first-order valence-electron chi connectivity index (χ1n) is 7.89. The van der Waals surface area contributed by atoms with Crippen molar-refractivity contribution < 1.29 is 4.79 Å². The van der Waals surface area contributed by atoms with E-state index in [2.05, 4.69) is 15.7 Å². The molecule has 0 radical (unpaired) electrons. The lowest BCUT2D eigenvalue weighted by Gasteiger charge is -2.15. The topological polar surface area (TPSA) is 59.0 Å². The van der Waals surface area contributed by atoms with Crippen LogP contribution in [0, 0.1) is 0 Å². The van der Waals surface area contributed by atoms with Gasteiger partial charge in [-0.05, 0) is 36.2 Å². The van der Waals surface area contributed by atoms with Gasteiger partial charge in [-0.1, -0.05) is 42.5 Å². The Balaban J connectivity index is 1.54. The predicted octanol–water partition coefficient (Wildman–Crippen LogP) is 3.81. The monoisotopic (exact) mass is 320 g/mol. The molecule has 5 heteroatoms. The molecule has 0 fully saturated rings. The molecule has 2 amide bonds. The summed E-state index contributed by atoms with van der Waals surface area (Å²) < 4.78 is 1.86. The van der Waals surface area contributed by atoms with Gasteiger partial charge in [-0.25, -0.2) is 4.79 Å². The zero-order valence-electron chi connectivity index (χ0n) is 13.5. The number of rotatable bonds is 5. The van der Waals surface area contributed by atoms with Crippen LogP contribution in [0.4, 0.5) is 10.5 Å². The molecule has 0 saturated heterocycles. The van der Waals surface area contributed by atoms with Crippen molar-refractivity contribution in [3.63, 3.8) is 0 Å². The van der Waals surface area contributed by atoms with Crippen molar-refractivity contribution in [1.82, 2.24) is 15.1 Å². The van der Waals surface area contributed by atoms with Gasteiger partial charge in [0.2, 0.25) is 0 Å². The van der Waals surface area contributed by atoms with E-state index in [-0.39, 0.29) is 12.1 Å². The van der Waals surface area contributed by atoms with Crippen LogP contribution in [0.25, 0.3) is 0 Å². The Hall–Kier alpha value is -3.08. The van der Waals surface area contributed by atoms with E-state index >= 15 is 0 Å². The van der Waals surface area contributed by atoms with Gasteiger partial charge in [0.15, 0.2) is 0 Å². The van der Waals surface area contributed by atoms with Crippen molar-refractivity contribution in [2.24, 2.45) is 0 Å². The number of urea groups is 1. The van der Waals surface area contributed by atoms with Crippen LogP contribution in [0.15, 0.2) is 73.1 Å². The number of carbonyl (C=O) groups is 1. The summed E-state index contributed by atoms with van der Waals surface area (Å²) in [4.78, 5) is 12.1. The molecule has 0 aliphatic heterocycles. The van der Waals surface area contributed by atoms with Crippen LogP contribution in [0.1, 0.15) is 24.1 Å². The van der Waals surface area contributed by atoms with Crippen molar-refractivity contribution in [3.8, 4) is 0 Å². The van der Waals surface area contributed by atoms with Gasteiger partial charge in [-0.3, -0.25) is 4.68 Å². The number of amides is 2. The summed E-state index contributed by atoms with van der Waals surface area (Å²) in [6, 6.07) is 19.3. The largest absolute Gasteiger partial charge is 0.331 e. The molecule has 2 N–H and O–H groups in total. The standard InChI is InChI=1S/C19H20N4O/c1-15(17-6-3-2-4-7-17)21-19(24)22-18-10-8-16(9-11-18)14-23-13-5-12-20-23/h2-13,15H,14H2,1H3,(H2,21,22,24). The second kappa shape index (κ2) is 7.46. The Labute approximate surface area is 141 Å². The third-order valence-corrected chi connectivity index (χ3v) is 3.76. The smallest absolute Gasteiger partial charge is 0.319 e. The van der Waals surface area contributed by atoms with Gasteiger partial charge in [0.05, 0.1) is 12.6 Å². The molecule has 0 aliphatic rings. The Morgan fingerprint density at radius 1 is 1.08 bits per heavy atom. The lowest BCUT2D eigenvalue weighted by molar-refractivity contribution is 0.249. The average Bonchev–Trinajstić information content (AvgIpc) is 3.10. The van der Waals surface area contributed by atoms with E-state index in [0.717, 1.165) is 16.8 Å². The highest BCUT2D eigenvalue weighted by molar-refractivity contribution is 5.89. The summed E-state index contributed by atoms with van der Waals surface area (Å²) in [5, 5.41) is 9.97. The molecule has 0 aliphatic carbocycles. The first-order valence-corrected chi connectivity index (χ1v) is 7.89. The molecular weight excluding hydrogens is 300 g/mol. The van der Waals surface area contributed by atoms with Crippen LogP contribution >= 0.6 is 0 Å². The van der Waals surface area contributed by atoms with Crippen molar-refractivity contribution in [1.29, 1.82) is 0 Å². The maximum atomic E-state index is 12.1. The van der Waals surface area contributed by atoms with Crippen LogP contribution in [-0.4, -0.2) is 15.8 Å². The number of nitrogens with one attached hydrogen (secondary N) is 2. The molecule has 24 heavy (non-hydrogen) atoms. The lowest BCUT2D eigenvalue weighted by Crippen LogP contribution is -2.31. The van der Waals surface area contributed by atoms with E-state index in [1.54, 1.807) is 6.20 Å². The minimum absolute atomic E-state index is 0.0507. The number of carbonyl (C=O) groups excluding carboxylic acids is 1. The van der Waals surface area contributed by atoms with Gasteiger partial charge >= 0.3 is 6.03 Å². The summed E-state index contributed by atoms with van der Waals surface area (Å²) in [6.45, 7) is 2.67. The first kappa shape index (κ1) is 15.8. The summed E-state index contributed by atoms with van der Waals surface area (Å²) in [5.74, 6) is 0. The Kier molecular flexibility index (Phi) is 4.91. The molecule has 5 nitrogen and oxygen atoms in total. The molecule has 0 bridgehead atoms. The maximum absolute atomic E-state index is 12.1. The Morgan fingerprint density at radius 2 is 1.83 bits per heavy atom. The SMILES string of the molecule is CC(NC(=O)Nc1ccc(Cn2cccn2)cc1)c1ccccc1. The van der Waals surface area contributed by atoms with Crippen LogP contribution in [0.2, 0.25) is 0 Å². The molecule has 1 atom stereocenters. The van der Waals surface area contributed by atoms with Gasteiger partial charge in [0.25, 0.3) is 0 Å². The van der Waals surface area contributed by atoms with Gasteiger partial charge in [0, 0.05) is 18.1 Å². The summed E-state index contributed by atoms with van der Waals surface area (Å²) in [7, 11) is 0. The number of aromatic nitrogens is 2. The van der Waals surface area contributed by atoms with Crippen LogP contribution in [0.3, 0.4) is 0 Å². The Morgan fingerprint density at radius 3 is 2.50 bits per heavy atom. The molecule has 1 heterocycles. The summed E-state index contributed by atoms with van der Waals surface area (Å²) in [5.41, 5.74) is 2.96. The number of benzene rings is 2. The highest BCUT2D eigenvalue weighted by Gasteiger charge is 2.09.